The van der Waals surface area contributed by atoms with Gasteiger partial charge in [0.25, 0.3) is 5.91 Å². The monoisotopic (exact) mass is 546 g/mol. The minimum atomic E-state index is -0.459. The molecule has 0 radical (unpaired) electrons. The largest absolute Gasteiger partial charge is 0.368 e. The van der Waals surface area contributed by atoms with Crippen molar-refractivity contribution in [3.8, 4) is 21.8 Å². The van der Waals surface area contributed by atoms with Crippen molar-refractivity contribution in [3.05, 3.63) is 53.7 Å². The highest BCUT2D eigenvalue weighted by atomic mass is 32.1. The molecule has 5 rings (SSSR count). The van der Waals surface area contributed by atoms with E-state index in [1.54, 1.807) is 34.2 Å². The molecule has 11 heteroatoms. The third kappa shape index (κ3) is 5.50. The summed E-state index contributed by atoms with van der Waals surface area (Å²) in [6.45, 7) is 9.31. The number of nitrogens with zero attached hydrogens (tertiary/aromatic N) is 6. The second-order valence-electron chi connectivity index (χ2n) is 9.75. The van der Waals surface area contributed by atoms with Gasteiger partial charge in [0.2, 0.25) is 5.91 Å². The van der Waals surface area contributed by atoms with E-state index >= 15 is 0 Å². The number of nitrogens with two attached hydrogens (primary N) is 1. The van der Waals surface area contributed by atoms with Gasteiger partial charge in [-0.2, -0.15) is 5.10 Å². The number of fused-ring (bicyclic) bond motifs is 1. The van der Waals surface area contributed by atoms with Crippen LogP contribution in [-0.2, 0) is 4.79 Å². The lowest BCUT2D eigenvalue weighted by molar-refractivity contribution is -0.119. The Morgan fingerprint density at radius 1 is 1.21 bits per heavy atom. The molecule has 1 saturated heterocycles. The normalized spacial score (nSPS) is 16.2. The van der Waals surface area contributed by atoms with Gasteiger partial charge in [-0.1, -0.05) is 19.9 Å². The van der Waals surface area contributed by atoms with Crippen LogP contribution in [0, 0.1) is 0 Å². The number of primary amides is 1. The summed E-state index contributed by atoms with van der Waals surface area (Å²) in [7, 11) is 0. The molecule has 1 aliphatic rings. The Hall–Kier alpha value is -3.83. The first kappa shape index (κ1) is 26.8. The summed E-state index contributed by atoms with van der Waals surface area (Å²) in [5.74, 6) is -0.0427. The number of amides is 2. The van der Waals surface area contributed by atoms with Crippen LogP contribution in [0.5, 0.6) is 0 Å². The quantitative estimate of drug-likeness (QED) is 0.313. The molecule has 204 valence electrons. The number of nitrogens with one attached hydrogen (secondary N) is 1. The Morgan fingerprint density at radius 3 is 2.74 bits per heavy atom. The fourth-order valence-corrected chi connectivity index (χ4v) is 5.89. The number of pyridine rings is 1. The van der Waals surface area contributed by atoms with Gasteiger partial charge in [-0.05, 0) is 62.5 Å². The van der Waals surface area contributed by atoms with Gasteiger partial charge in [0.15, 0.2) is 5.65 Å². The summed E-state index contributed by atoms with van der Waals surface area (Å²) in [5.41, 5.74) is 8.93. The molecule has 0 unspecified atom stereocenters. The van der Waals surface area contributed by atoms with E-state index in [-0.39, 0.29) is 11.9 Å². The molecule has 0 bridgehead atoms. The summed E-state index contributed by atoms with van der Waals surface area (Å²) in [5, 5.41) is 9.58. The van der Waals surface area contributed by atoms with Crippen molar-refractivity contribution in [3.63, 3.8) is 0 Å². The van der Waals surface area contributed by atoms with Gasteiger partial charge in [0.05, 0.1) is 28.0 Å². The van der Waals surface area contributed by atoms with Crippen molar-refractivity contribution in [1.29, 1.82) is 0 Å². The van der Waals surface area contributed by atoms with Crippen LogP contribution in [0.25, 0.3) is 27.5 Å². The lowest BCUT2D eigenvalue weighted by Gasteiger charge is -2.27. The molecular weight excluding hydrogens is 512 g/mol. The van der Waals surface area contributed by atoms with Crippen LogP contribution >= 0.6 is 11.3 Å². The van der Waals surface area contributed by atoms with Crippen molar-refractivity contribution in [2.24, 2.45) is 5.73 Å². The Morgan fingerprint density at radius 2 is 2.03 bits per heavy atom. The topological polar surface area (TPSA) is 122 Å². The fraction of sp³-hybridized carbons (Fsp3) is 0.393. The molecule has 2 amide bonds. The highest BCUT2D eigenvalue weighted by Gasteiger charge is 2.31. The average molecular weight is 547 g/mol. The zero-order valence-electron chi connectivity index (χ0n) is 22.5. The Labute approximate surface area is 231 Å². The number of hydrogen-bond acceptors (Lipinski definition) is 8. The van der Waals surface area contributed by atoms with Gasteiger partial charge in [-0.15, -0.1) is 11.3 Å². The van der Waals surface area contributed by atoms with Crippen molar-refractivity contribution in [1.82, 2.24) is 29.8 Å². The number of anilines is 1. The summed E-state index contributed by atoms with van der Waals surface area (Å²) in [6, 6.07) is 9.20. The number of carbonyl (C=O) groups excluding carboxylic acids is 2. The maximum absolute atomic E-state index is 13.4. The minimum absolute atomic E-state index is 0.196. The highest BCUT2D eigenvalue weighted by Crippen LogP contribution is 2.31. The van der Waals surface area contributed by atoms with Crippen LogP contribution in [0.4, 0.5) is 5.82 Å². The van der Waals surface area contributed by atoms with E-state index in [9.17, 15) is 9.59 Å². The maximum atomic E-state index is 13.4. The van der Waals surface area contributed by atoms with E-state index < -0.39 is 11.9 Å². The van der Waals surface area contributed by atoms with Gasteiger partial charge in [0.1, 0.15) is 11.9 Å². The number of likely N-dealkylation sites (N-methyl/N-ethyl adjacent to an activating group) is 1. The molecule has 4 aromatic heterocycles. The zero-order chi connectivity index (χ0) is 27.5. The van der Waals surface area contributed by atoms with Gasteiger partial charge < -0.3 is 16.0 Å². The number of hydrogen-bond donors (Lipinski definition) is 2. The van der Waals surface area contributed by atoms with Gasteiger partial charge >= 0.3 is 0 Å². The van der Waals surface area contributed by atoms with Crippen LogP contribution in [0.2, 0.25) is 0 Å². The molecule has 0 spiro atoms. The third-order valence-corrected chi connectivity index (χ3v) is 8.25. The number of thiophene rings is 1. The van der Waals surface area contributed by atoms with Crippen LogP contribution in [0.3, 0.4) is 0 Å². The van der Waals surface area contributed by atoms with Crippen molar-refractivity contribution >= 4 is 34.6 Å². The molecule has 2 atom stereocenters. The van der Waals surface area contributed by atoms with E-state index in [2.05, 4.69) is 36.1 Å². The van der Waals surface area contributed by atoms with Gasteiger partial charge in [-0.3, -0.25) is 14.5 Å². The maximum Gasteiger partial charge on any atom is 0.251 e. The summed E-state index contributed by atoms with van der Waals surface area (Å²) in [4.78, 5) is 40.6. The first-order valence-corrected chi connectivity index (χ1v) is 14.3. The molecule has 1 fully saturated rings. The SMILES string of the molecule is CCN(CC)[C@@H](C)CNC(=O)c1cc(-c2cnn3ccc(-c4cccs4)nc23)nc(N2CCC[C@H]2C(N)=O)c1. The Bertz CT molecular complexity index is 1460. The fourth-order valence-electron chi connectivity index (χ4n) is 5.20. The van der Waals surface area contributed by atoms with Crippen molar-refractivity contribution in [2.75, 3.05) is 31.1 Å². The van der Waals surface area contributed by atoms with E-state index in [4.69, 9.17) is 15.7 Å². The molecule has 0 saturated carbocycles. The van der Waals surface area contributed by atoms with Crippen molar-refractivity contribution in [2.45, 2.75) is 45.7 Å². The molecule has 4 aromatic rings. The lowest BCUT2D eigenvalue weighted by Crippen LogP contribution is -2.42. The zero-order valence-corrected chi connectivity index (χ0v) is 23.3. The van der Waals surface area contributed by atoms with Crippen molar-refractivity contribution < 1.29 is 9.59 Å². The van der Waals surface area contributed by atoms with E-state index in [1.807, 2.05) is 34.7 Å². The minimum Gasteiger partial charge on any atom is -0.368 e. The Kier molecular flexibility index (Phi) is 7.89. The van der Waals surface area contributed by atoms with Crippen LogP contribution in [-0.4, -0.2) is 74.6 Å². The van der Waals surface area contributed by atoms with E-state index in [0.29, 0.717) is 47.8 Å². The van der Waals surface area contributed by atoms with E-state index in [0.717, 1.165) is 30.1 Å². The smallest absolute Gasteiger partial charge is 0.251 e. The standard InChI is InChI=1S/C28H34N8O2S/c1-4-34(5-2)18(3)16-30-28(38)19-14-22(32-25(15-19)35-11-6-8-23(35)26(29)37)20-17-31-36-12-10-21(33-27(20)36)24-9-7-13-39-24/h7,9-10,12-15,17-18,23H,4-6,8,11,16H2,1-3H3,(H2,29,37)(H,30,38)/t18-,23-/m0/s1. The molecule has 0 aliphatic carbocycles. The van der Waals surface area contributed by atoms with Crippen LogP contribution in [0.15, 0.2) is 48.1 Å². The summed E-state index contributed by atoms with van der Waals surface area (Å²) >= 11 is 1.62. The van der Waals surface area contributed by atoms with Gasteiger partial charge in [0, 0.05) is 30.9 Å². The molecule has 3 N–H and O–H groups in total. The molecule has 0 aromatic carbocycles. The first-order valence-electron chi connectivity index (χ1n) is 13.4. The Balaban J connectivity index is 1.54. The van der Waals surface area contributed by atoms with Crippen LogP contribution < -0.4 is 16.0 Å². The summed E-state index contributed by atoms with van der Waals surface area (Å²) < 4.78 is 1.70. The molecule has 10 nitrogen and oxygen atoms in total. The molecular formula is C28H34N8O2S. The number of carbonyl (C=O) groups is 2. The first-order chi connectivity index (χ1) is 18.9. The predicted molar refractivity (Wildman–Crippen MR) is 154 cm³/mol. The second-order valence-corrected chi connectivity index (χ2v) is 10.7. The summed E-state index contributed by atoms with van der Waals surface area (Å²) in [6.07, 6.45) is 5.07. The highest BCUT2D eigenvalue weighted by molar-refractivity contribution is 7.13. The molecule has 39 heavy (non-hydrogen) atoms. The third-order valence-electron chi connectivity index (χ3n) is 7.36. The molecule has 5 heterocycles. The van der Waals surface area contributed by atoms with Gasteiger partial charge in [-0.25, -0.2) is 14.5 Å². The lowest BCUT2D eigenvalue weighted by atomic mass is 10.1. The predicted octanol–water partition coefficient (Wildman–Crippen LogP) is 3.43. The average Bonchev–Trinajstić information content (AvgIpc) is 3.72. The number of aromatic nitrogens is 4. The van der Waals surface area contributed by atoms with Crippen LogP contribution in [0.1, 0.15) is 44.0 Å². The van der Waals surface area contributed by atoms with E-state index in [1.165, 1.54) is 0 Å². The number of rotatable bonds is 10. The molecule has 1 aliphatic heterocycles. The second kappa shape index (κ2) is 11.5.